The van der Waals surface area contributed by atoms with Gasteiger partial charge in [0.1, 0.15) is 0 Å². The van der Waals surface area contributed by atoms with Crippen LogP contribution in [-0.4, -0.2) is 21.2 Å². The minimum atomic E-state index is -0.251. The van der Waals surface area contributed by atoms with Gasteiger partial charge in [0.25, 0.3) is 5.56 Å². The molecule has 0 aliphatic carbocycles. The van der Waals surface area contributed by atoms with Gasteiger partial charge in [0.05, 0.1) is 34.0 Å². The maximum absolute atomic E-state index is 13.3. The molecule has 1 heterocycles. The minimum Gasteiger partial charge on any atom is -0.325 e. The quantitative estimate of drug-likeness (QED) is 0.362. The van der Waals surface area contributed by atoms with Crippen LogP contribution in [0.25, 0.3) is 16.6 Å². The molecule has 0 atom stereocenters. The van der Waals surface area contributed by atoms with Gasteiger partial charge in [-0.25, -0.2) is 4.98 Å². The topological polar surface area (TPSA) is 87.8 Å². The van der Waals surface area contributed by atoms with E-state index in [-0.39, 0.29) is 17.2 Å². The highest BCUT2D eigenvalue weighted by Crippen LogP contribution is 2.23. The number of hydrogen-bond acceptors (Lipinski definition) is 5. The highest BCUT2D eigenvalue weighted by atomic mass is 32.2. The van der Waals surface area contributed by atoms with Crippen molar-refractivity contribution in [1.82, 2.24) is 9.55 Å². The summed E-state index contributed by atoms with van der Waals surface area (Å²) in [5.74, 6) is -0.189. The van der Waals surface area contributed by atoms with E-state index in [1.807, 2.05) is 44.2 Å². The first kappa shape index (κ1) is 21.3. The fourth-order valence-electron chi connectivity index (χ4n) is 3.30. The van der Waals surface area contributed by atoms with Gasteiger partial charge < -0.3 is 5.32 Å². The third kappa shape index (κ3) is 4.41. The Balaban J connectivity index is 1.68. The normalized spacial score (nSPS) is 10.7. The second-order valence-corrected chi connectivity index (χ2v) is 8.29. The molecule has 1 amide bonds. The number of nitriles is 1. The summed E-state index contributed by atoms with van der Waals surface area (Å²) < 4.78 is 1.56. The average Bonchev–Trinajstić information content (AvgIpc) is 2.80. The van der Waals surface area contributed by atoms with Crippen molar-refractivity contribution < 1.29 is 4.79 Å². The predicted molar refractivity (Wildman–Crippen MR) is 127 cm³/mol. The van der Waals surface area contributed by atoms with Crippen LogP contribution in [0.4, 0.5) is 5.69 Å². The molecule has 4 aromatic rings. The lowest BCUT2D eigenvalue weighted by Gasteiger charge is -2.14. The number of amides is 1. The van der Waals surface area contributed by atoms with Crippen LogP contribution in [0.15, 0.2) is 76.7 Å². The number of benzene rings is 3. The summed E-state index contributed by atoms with van der Waals surface area (Å²) in [6.07, 6.45) is 0. The monoisotopic (exact) mass is 440 g/mol. The van der Waals surface area contributed by atoms with Crippen LogP contribution in [0.2, 0.25) is 0 Å². The molecule has 0 radical (unpaired) electrons. The van der Waals surface area contributed by atoms with Gasteiger partial charge in [-0.2, -0.15) is 5.26 Å². The maximum Gasteiger partial charge on any atom is 0.266 e. The number of anilines is 1. The number of carbonyl (C=O) groups excluding carboxylic acids is 1. The molecule has 3 aromatic carbocycles. The molecule has 32 heavy (non-hydrogen) atoms. The van der Waals surface area contributed by atoms with Crippen LogP contribution in [0.3, 0.4) is 0 Å². The number of nitrogens with zero attached hydrogens (tertiary/aromatic N) is 3. The molecule has 4 rings (SSSR count). The van der Waals surface area contributed by atoms with Crippen molar-refractivity contribution in [3.05, 3.63) is 93.8 Å². The molecule has 0 aliphatic heterocycles. The summed E-state index contributed by atoms with van der Waals surface area (Å²) in [7, 11) is 0. The number of fused-ring (bicyclic) bond motifs is 1. The van der Waals surface area contributed by atoms with E-state index in [4.69, 9.17) is 5.26 Å². The summed E-state index contributed by atoms with van der Waals surface area (Å²) in [5.41, 5.74) is 4.33. The van der Waals surface area contributed by atoms with Crippen molar-refractivity contribution in [3.8, 4) is 11.8 Å². The van der Waals surface area contributed by atoms with Gasteiger partial charge in [0.15, 0.2) is 5.16 Å². The largest absolute Gasteiger partial charge is 0.325 e. The molecule has 0 unspecified atom stereocenters. The van der Waals surface area contributed by atoms with E-state index in [1.54, 1.807) is 41.0 Å². The Morgan fingerprint density at radius 1 is 1.06 bits per heavy atom. The molecule has 0 bridgehead atoms. The smallest absolute Gasteiger partial charge is 0.266 e. The molecule has 1 aromatic heterocycles. The van der Waals surface area contributed by atoms with Crippen LogP contribution < -0.4 is 10.9 Å². The Bertz CT molecular complexity index is 1440. The van der Waals surface area contributed by atoms with E-state index >= 15 is 0 Å². The van der Waals surface area contributed by atoms with Gasteiger partial charge >= 0.3 is 0 Å². The molecule has 0 fully saturated rings. The molecule has 0 aliphatic rings. The third-order valence-electron chi connectivity index (χ3n) is 5.10. The highest BCUT2D eigenvalue weighted by molar-refractivity contribution is 7.99. The highest BCUT2D eigenvalue weighted by Gasteiger charge is 2.15. The van der Waals surface area contributed by atoms with E-state index in [2.05, 4.69) is 16.4 Å². The number of carbonyl (C=O) groups is 1. The number of rotatable bonds is 5. The number of nitrogens with one attached hydrogen (secondary N) is 1. The third-order valence-corrected chi connectivity index (χ3v) is 6.04. The number of aryl methyl sites for hydroxylation is 2. The lowest BCUT2D eigenvalue weighted by Crippen LogP contribution is -2.23. The molecule has 1 N–H and O–H groups in total. The Morgan fingerprint density at radius 3 is 2.66 bits per heavy atom. The average molecular weight is 441 g/mol. The fourth-order valence-corrected chi connectivity index (χ4v) is 4.11. The van der Waals surface area contributed by atoms with Crippen LogP contribution in [-0.2, 0) is 4.79 Å². The SMILES string of the molecule is Cc1ccc(-n2c(SCC(=O)Nc3cccc(C#N)c3)nc3ccccc3c2=O)cc1C. The maximum atomic E-state index is 13.3. The Kier molecular flexibility index (Phi) is 6.06. The van der Waals surface area contributed by atoms with Crippen LogP contribution in [0.1, 0.15) is 16.7 Å². The molecular weight excluding hydrogens is 420 g/mol. The molecule has 0 spiro atoms. The first-order chi connectivity index (χ1) is 15.5. The van der Waals surface area contributed by atoms with Crippen molar-refractivity contribution >= 4 is 34.3 Å². The molecule has 158 valence electrons. The zero-order valence-electron chi connectivity index (χ0n) is 17.6. The molecular formula is C25H20N4O2S. The van der Waals surface area contributed by atoms with E-state index in [9.17, 15) is 9.59 Å². The number of thioether (sulfide) groups is 1. The number of hydrogen-bond donors (Lipinski definition) is 1. The molecule has 0 saturated heterocycles. The predicted octanol–water partition coefficient (Wildman–Crippen LogP) is 4.61. The molecule has 0 saturated carbocycles. The summed E-state index contributed by atoms with van der Waals surface area (Å²) >= 11 is 1.19. The fraction of sp³-hybridized carbons (Fsp3) is 0.120. The Morgan fingerprint density at radius 2 is 1.88 bits per heavy atom. The van der Waals surface area contributed by atoms with Crippen molar-refractivity contribution in [1.29, 1.82) is 5.26 Å². The van der Waals surface area contributed by atoms with Gasteiger partial charge in [-0.15, -0.1) is 0 Å². The standard InChI is InChI=1S/C25H20N4O2S/c1-16-10-11-20(12-17(16)2)29-24(31)21-8-3-4-9-22(21)28-25(29)32-15-23(30)27-19-7-5-6-18(13-19)14-26/h3-13H,15H2,1-2H3,(H,27,30). The number of para-hydroxylation sites is 1. The van der Waals surface area contributed by atoms with E-state index < -0.39 is 0 Å². The summed E-state index contributed by atoms with van der Waals surface area (Å²) in [6, 6.07) is 21.8. The molecule has 7 heteroatoms. The summed E-state index contributed by atoms with van der Waals surface area (Å²) in [5, 5.41) is 12.8. The number of aromatic nitrogens is 2. The van der Waals surface area contributed by atoms with Gasteiger partial charge in [-0.1, -0.05) is 36.0 Å². The Hall–Kier alpha value is -3.89. The Labute approximate surface area is 189 Å². The second-order valence-electron chi connectivity index (χ2n) is 7.35. The molecule has 6 nitrogen and oxygen atoms in total. The van der Waals surface area contributed by atoms with Crippen LogP contribution in [0, 0.1) is 25.2 Å². The first-order valence-corrected chi connectivity index (χ1v) is 11.0. The minimum absolute atomic E-state index is 0.0619. The van der Waals surface area contributed by atoms with Gasteiger partial charge in [-0.3, -0.25) is 14.2 Å². The van der Waals surface area contributed by atoms with Gasteiger partial charge in [-0.05, 0) is 67.4 Å². The summed E-state index contributed by atoms with van der Waals surface area (Å²) in [6.45, 7) is 4.01. The van der Waals surface area contributed by atoms with Crippen molar-refractivity contribution in [2.24, 2.45) is 0 Å². The summed E-state index contributed by atoms with van der Waals surface area (Å²) in [4.78, 5) is 30.6. The second kappa shape index (κ2) is 9.08. The van der Waals surface area contributed by atoms with E-state index in [0.717, 1.165) is 11.1 Å². The van der Waals surface area contributed by atoms with Crippen molar-refractivity contribution in [2.75, 3.05) is 11.1 Å². The van der Waals surface area contributed by atoms with Gasteiger partial charge in [0.2, 0.25) is 5.91 Å². The lowest BCUT2D eigenvalue weighted by atomic mass is 10.1. The first-order valence-electron chi connectivity index (χ1n) is 9.98. The van der Waals surface area contributed by atoms with Crippen molar-refractivity contribution in [3.63, 3.8) is 0 Å². The van der Waals surface area contributed by atoms with Crippen LogP contribution >= 0.6 is 11.8 Å². The van der Waals surface area contributed by atoms with E-state index in [1.165, 1.54) is 11.8 Å². The van der Waals surface area contributed by atoms with Crippen molar-refractivity contribution in [2.45, 2.75) is 19.0 Å². The lowest BCUT2D eigenvalue weighted by molar-refractivity contribution is -0.113. The van der Waals surface area contributed by atoms with Gasteiger partial charge in [0, 0.05) is 5.69 Å². The van der Waals surface area contributed by atoms with E-state index in [0.29, 0.717) is 33.0 Å². The van der Waals surface area contributed by atoms with Crippen LogP contribution in [0.5, 0.6) is 0 Å². The zero-order chi connectivity index (χ0) is 22.7. The zero-order valence-corrected chi connectivity index (χ0v) is 18.4.